The molecule has 3 rings (SSSR count). The largest absolute Gasteiger partial charge is 0.423 e. The van der Waals surface area contributed by atoms with Gasteiger partial charge in [-0.3, -0.25) is 4.79 Å². The Kier molecular flexibility index (Phi) is 4.23. The van der Waals surface area contributed by atoms with Crippen molar-refractivity contribution in [3.63, 3.8) is 0 Å². The number of esters is 1. The molecule has 6 heteroatoms. The van der Waals surface area contributed by atoms with Crippen molar-refractivity contribution in [3.8, 4) is 5.75 Å². The van der Waals surface area contributed by atoms with Gasteiger partial charge in [-0.25, -0.2) is 9.18 Å². The lowest BCUT2D eigenvalue weighted by molar-refractivity contribution is -0.133. The van der Waals surface area contributed by atoms with Crippen LogP contribution in [-0.2, 0) is 16.1 Å². The van der Waals surface area contributed by atoms with Gasteiger partial charge in [-0.05, 0) is 29.8 Å². The van der Waals surface area contributed by atoms with Crippen LogP contribution in [0.4, 0.5) is 10.1 Å². The van der Waals surface area contributed by atoms with Crippen LogP contribution in [-0.4, -0.2) is 25.0 Å². The number of ether oxygens (including phenoxy) is 1. The molecule has 0 radical (unpaired) electrons. The topological polar surface area (TPSA) is 58.6 Å². The molecule has 2 aromatic rings. The second-order valence-electron chi connectivity index (χ2n) is 5.20. The Morgan fingerprint density at radius 1 is 1.17 bits per heavy atom. The van der Waals surface area contributed by atoms with Crippen molar-refractivity contribution in [2.24, 2.45) is 0 Å². The van der Waals surface area contributed by atoms with Gasteiger partial charge in [-0.2, -0.15) is 0 Å². The van der Waals surface area contributed by atoms with E-state index in [9.17, 15) is 14.0 Å². The first-order valence-electron chi connectivity index (χ1n) is 7.17. The number of carbonyl (C=O) groups is 2. The Labute approximate surface area is 132 Å². The first kappa shape index (κ1) is 15.0. The van der Waals surface area contributed by atoms with Gasteiger partial charge in [0.15, 0.2) is 5.75 Å². The summed E-state index contributed by atoms with van der Waals surface area (Å²) in [4.78, 5) is 25.4. The van der Waals surface area contributed by atoms with Crippen molar-refractivity contribution in [1.29, 1.82) is 0 Å². The zero-order valence-corrected chi connectivity index (χ0v) is 12.3. The monoisotopic (exact) mass is 314 g/mol. The summed E-state index contributed by atoms with van der Waals surface area (Å²) in [6.07, 6.45) is 0. The van der Waals surface area contributed by atoms with Crippen LogP contribution >= 0.6 is 0 Å². The van der Waals surface area contributed by atoms with E-state index >= 15 is 0 Å². The number of rotatable bonds is 4. The maximum atomic E-state index is 12.8. The van der Waals surface area contributed by atoms with Crippen LogP contribution in [0.15, 0.2) is 48.5 Å². The van der Waals surface area contributed by atoms with Crippen LogP contribution in [0.1, 0.15) is 5.56 Å². The third-order valence-corrected chi connectivity index (χ3v) is 3.49. The molecule has 23 heavy (non-hydrogen) atoms. The molecule has 118 valence electrons. The molecule has 0 saturated carbocycles. The van der Waals surface area contributed by atoms with E-state index in [-0.39, 0.29) is 24.8 Å². The van der Waals surface area contributed by atoms with Gasteiger partial charge in [-0.15, -0.1) is 0 Å². The third-order valence-electron chi connectivity index (χ3n) is 3.49. The zero-order chi connectivity index (χ0) is 16.2. The minimum Gasteiger partial charge on any atom is -0.423 e. The lowest BCUT2D eigenvalue weighted by Crippen LogP contribution is -2.43. The molecule has 0 saturated heterocycles. The fraction of sp³-hybridized carbons (Fsp3) is 0.176. The minimum atomic E-state index is -0.393. The minimum absolute atomic E-state index is 0.0288. The molecule has 0 fully saturated rings. The molecular weight excluding hydrogens is 299 g/mol. The molecule has 1 heterocycles. The quantitative estimate of drug-likeness (QED) is 0.691. The molecule has 0 unspecified atom stereocenters. The van der Waals surface area contributed by atoms with Crippen molar-refractivity contribution in [3.05, 3.63) is 59.9 Å². The number of fused-ring (bicyclic) bond motifs is 1. The highest BCUT2D eigenvalue weighted by Crippen LogP contribution is 2.30. The number of para-hydroxylation sites is 2. The van der Waals surface area contributed by atoms with Crippen LogP contribution in [0.2, 0.25) is 0 Å². The van der Waals surface area contributed by atoms with Gasteiger partial charge in [0, 0.05) is 6.54 Å². The fourth-order valence-corrected chi connectivity index (χ4v) is 2.37. The number of nitrogens with zero attached hydrogens (tertiary/aromatic N) is 1. The molecule has 0 bridgehead atoms. The third kappa shape index (κ3) is 3.66. The summed E-state index contributed by atoms with van der Waals surface area (Å²) in [5, 5.41) is 2.76. The normalized spacial score (nSPS) is 13.3. The van der Waals surface area contributed by atoms with E-state index in [1.54, 1.807) is 35.2 Å². The number of benzene rings is 2. The fourth-order valence-electron chi connectivity index (χ4n) is 2.37. The lowest BCUT2D eigenvalue weighted by Gasteiger charge is -2.29. The first-order chi connectivity index (χ1) is 11.1. The van der Waals surface area contributed by atoms with Gasteiger partial charge < -0.3 is 15.0 Å². The van der Waals surface area contributed by atoms with Crippen molar-refractivity contribution < 1.29 is 18.7 Å². The molecule has 1 aliphatic rings. The van der Waals surface area contributed by atoms with Crippen LogP contribution in [0.25, 0.3) is 0 Å². The van der Waals surface area contributed by atoms with Crippen molar-refractivity contribution in [2.75, 3.05) is 18.0 Å². The summed E-state index contributed by atoms with van der Waals surface area (Å²) in [5.41, 5.74) is 1.52. The number of nitrogens with one attached hydrogen (secondary N) is 1. The predicted molar refractivity (Wildman–Crippen MR) is 82.5 cm³/mol. The molecule has 2 aromatic carbocycles. The molecule has 0 aliphatic carbocycles. The highest BCUT2D eigenvalue weighted by atomic mass is 19.1. The van der Waals surface area contributed by atoms with Crippen molar-refractivity contribution in [1.82, 2.24) is 5.32 Å². The second-order valence-corrected chi connectivity index (χ2v) is 5.20. The highest BCUT2D eigenvalue weighted by molar-refractivity contribution is 5.89. The maximum absolute atomic E-state index is 12.8. The zero-order valence-electron chi connectivity index (χ0n) is 12.3. The van der Waals surface area contributed by atoms with E-state index in [4.69, 9.17) is 4.74 Å². The molecule has 1 aliphatic heterocycles. The Morgan fingerprint density at radius 2 is 1.91 bits per heavy atom. The number of halogens is 1. The van der Waals surface area contributed by atoms with Gasteiger partial charge in [0.2, 0.25) is 5.91 Å². The Morgan fingerprint density at radius 3 is 2.70 bits per heavy atom. The Bertz CT molecular complexity index is 731. The van der Waals surface area contributed by atoms with Crippen LogP contribution < -0.4 is 15.0 Å². The molecule has 0 atom stereocenters. The average Bonchev–Trinajstić information content (AvgIpc) is 2.54. The summed E-state index contributed by atoms with van der Waals surface area (Å²) in [6, 6.07) is 13.0. The van der Waals surface area contributed by atoms with Gasteiger partial charge in [0.1, 0.15) is 12.4 Å². The maximum Gasteiger partial charge on any atom is 0.331 e. The van der Waals surface area contributed by atoms with Crippen LogP contribution in [0, 0.1) is 5.82 Å². The molecular formula is C17H15FN2O3. The number of anilines is 1. The Balaban J connectivity index is 1.61. The Hall–Kier alpha value is -2.89. The summed E-state index contributed by atoms with van der Waals surface area (Å²) < 4.78 is 18.0. The summed E-state index contributed by atoms with van der Waals surface area (Å²) in [6.45, 7) is 0.382. The molecule has 1 N–H and O–H groups in total. The van der Waals surface area contributed by atoms with E-state index < -0.39 is 5.97 Å². The van der Waals surface area contributed by atoms with E-state index in [1.807, 2.05) is 6.07 Å². The van der Waals surface area contributed by atoms with Gasteiger partial charge in [-0.1, -0.05) is 24.3 Å². The number of hydrogen-bond donors (Lipinski definition) is 1. The number of carbonyl (C=O) groups excluding carboxylic acids is 2. The average molecular weight is 314 g/mol. The number of amides is 1. The number of hydrogen-bond acceptors (Lipinski definition) is 4. The van der Waals surface area contributed by atoms with E-state index in [1.165, 1.54) is 12.1 Å². The smallest absolute Gasteiger partial charge is 0.331 e. The highest BCUT2D eigenvalue weighted by Gasteiger charge is 2.25. The predicted octanol–water partition coefficient (Wildman–Crippen LogP) is 1.87. The lowest BCUT2D eigenvalue weighted by atomic mass is 10.2. The van der Waals surface area contributed by atoms with E-state index in [2.05, 4.69) is 5.32 Å². The molecule has 0 spiro atoms. The van der Waals surface area contributed by atoms with Crippen molar-refractivity contribution in [2.45, 2.75) is 6.54 Å². The standard InChI is InChI=1S/C17H15FN2O3/c18-13-7-5-12(6-8-13)9-19-16(21)10-20-11-17(22)23-15-4-2-1-3-14(15)20/h1-8H,9-11H2,(H,19,21). The first-order valence-corrected chi connectivity index (χ1v) is 7.17. The SMILES string of the molecule is O=C(CN1CC(=O)Oc2ccccc21)NCc1ccc(F)cc1. The van der Waals surface area contributed by atoms with E-state index in [0.29, 0.717) is 18.0 Å². The summed E-state index contributed by atoms with van der Waals surface area (Å²) in [7, 11) is 0. The van der Waals surface area contributed by atoms with Gasteiger partial charge in [0.05, 0.1) is 12.2 Å². The van der Waals surface area contributed by atoms with Crippen molar-refractivity contribution >= 4 is 17.6 Å². The second kappa shape index (κ2) is 6.48. The van der Waals surface area contributed by atoms with Crippen LogP contribution in [0.5, 0.6) is 5.75 Å². The van der Waals surface area contributed by atoms with E-state index in [0.717, 1.165) is 5.56 Å². The van der Waals surface area contributed by atoms with Gasteiger partial charge in [0.25, 0.3) is 0 Å². The van der Waals surface area contributed by atoms with Crippen LogP contribution in [0.3, 0.4) is 0 Å². The van der Waals surface area contributed by atoms with Gasteiger partial charge >= 0.3 is 5.97 Å². The summed E-state index contributed by atoms with van der Waals surface area (Å²) >= 11 is 0. The molecule has 5 nitrogen and oxygen atoms in total. The summed E-state index contributed by atoms with van der Waals surface area (Å²) in [5.74, 6) is -0.479. The molecule has 0 aromatic heterocycles. The molecule has 1 amide bonds.